The van der Waals surface area contributed by atoms with E-state index in [9.17, 15) is 4.79 Å². The minimum atomic E-state index is -0.239. The Morgan fingerprint density at radius 1 is 1.15 bits per heavy atom. The van der Waals surface area contributed by atoms with Gasteiger partial charge in [0.1, 0.15) is 0 Å². The number of benzene rings is 2. The molecule has 0 saturated carbocycles. The van der Waals surface area contributed by atoms with Crippen LogP contribution in [0.25, 0.3) is 5.69 Å². The molecule has 0 radical (unpaired) electrons. The highest BCUT2D eigenvalue weighted by Crippen LogP contribution is 2.20. The van der Waals surface area contributed by atoms with Crippen LogP contribution >= 0.6 is 15.9 Å². The molecule has 1 heterocycles. The van der Waals surface area contributed by atoms with Crippen molar-refractivity contribution >= 4 is 28.1 Å². The minimum Gasteiger partial charge on any atom is -0.318 e. The second kappa shape index (κ2) is 8.35. The van der Waals surface area contributed by atoms with E-state index >= 15 is 0 Å². The maximum atomic E-state index is 12.2. The lowest BCUT2D eigenvalue weighted by Crippen LogP contribution is -2.17. The highest BCUT2D eigenvalue weighted by atomic mass is 79.9. The van der Waals surface area contributed by atoms with Gasteiger partial charge in [-0.25, -0.2) is 5.43 Å². The summed E-state index contributed by atoms with van der Waals surface area (Å²) in [4.78, 5) is 12.2. The smallest absolute Gasteiger partial charge is 0.271 e. The van der Waals surface area contributed by atoms with Crippen molar-refractivity contribution in [1.82, 2.24) is 9.99 Å². The van der Waals surface area contributed by atoms with E-state index in [1.165, 1.54) is 5.56 Å². The predicted molar refractivity (Wildman–Crippen MR) is 114 cm³/mol. The fraction of sp³-hybridized carbons (Fsp3) is 0.182. The molecule has 0 unspecified atom stereocenters. The summed E-state index contributed by atoms with van der Waals surface area (Å²) >= 11 is 3.37. The molecule has 1 aromatic heterocycles. The van der Waals surface area contributed by atoms with E-state index in [1.54, 1.807) is 18.3 Å². The molecule has 5 heteroatoms. The summed E-state index contributed by atoms with van der Waals surface area (Å²) in [6.07, 6.45) is 2.72. The lowest BCUT2D eigenvalue weighted by Gasteiger charge is -2.10. The Bertz CT molecular complexity index is 987. The zero-order chi connectivity index (χ0) is 19.4. The van der Waals surface area contributed by atoms with E-state index in [-0.39, 0.29) is 5.91 Å². The number of nitrogens with one attached hydrogen (secondary N) is 1. The Morgan fingerprint density at radius 2 is 1.89 bits per heavy atom. The molecule has 0 saturated heterocycles. The third-order valence-electron chi connectivity index (χ3n) is 4.53. The van der Waals surface area contributed by atoms with Crippen molar-refractivity contribution in [3.05, 3.63) is 87.1 Å². The zero-order valence-corrected chi connectivity index (χ0v) is 17.2. The van der Waals surface area contributed by atoms with Crippen LogP contribution in [0.4, 0.5) is 0 Å². The maximum Gasteiger partial charge on any atom is 0.271 e. The molecule has 0 fully saturated rings. The highest BCUT2D eigenvalue weighted by Gasteiger charge is 2.10. The van der Waals surface area contributed by atoms with Crippen LogP contribution in [-0.4, -0.2) is 16.7 Å². The topological polar surface area (TPSA) is 46.4 Å². The number of hydrogen-bond acceptors (Lipinski definition) is 2. The second-order valence-corrected chi connectivity index (χ2v) is 7.31. The summed E-state index contributed by atoms with van der Waals surface area (Å²) < 4.78 is 3.05. The van der Waals surface area contributed by atoms with Crippen LogP contribution in [0.15, 0.2) is 64.2 Å². The SMILES string of the molecule is CCc1ccc(-n2c(C)cc(/C=N\NC(=O)c3cccc(Br)c3)c2C)cc1. The monoisotopic (exact) mass is 423 g/mol. The molecule has 2 aromatic carbocycles. The molecule has 27 heavy (non-hydrogen) atoms. The minimum absolute atomic E-state index is 0.239. The number of nitrogens with zero attached hydrogens (tertiary/aromatic N) is 2. The number of hydrazone groups is 1. The fourth-order valence-corrected chi connectivity index (χ4v) is 3.45. The van der Waals surface area contributed by atoms with Crippen molar-refractivity contribution in [2.45, 2.75) is 27.2 Å². The van der Waals surface area contributed by atoms with Gasteiger partial charge in [-0.3, -0.25) is 4.79 Å². The molecule has 0 aliphatic rings. The summed E-state index contributed by atoms with van der Waals surface area (Å²) in [5.74, 6) is -0.239. The number of aryl methyl sites for hydroxylation is 2. The quantitative estimate of drug-likeness (QED) is 0.445. The summed E-state index contributed by atoms with van der Waals surface area (Å²) in [6, 6.07) is 17.8. The number of amides is 1. The van der Waals surface area contributed by atoms with Gasteiger partial charge in [-0.1, -0.05) is 41.1 Å². The Balaban J connectivity index is 1.77. The Kier molecular flexibility index (Phi) is 5.91. The Morgan fingerprint density at radius 3 is 2.56 bits per heavy atom. The summed E-state index contributed by atoms with van der Waals surface area (Å²) in [5, 5.41) is 4.13. The second-order valence-electron chi connectivity index (χ2n) is 6.39. The largest absolute Gasteiger partial charge is 0.318 e. The fourth-order valence-electron chi connectivity index (χ4n) is 3.05. The average Bonchev–Trinajstić information content (AvgIpc) is 2.95. The number of hydrogen-bond donors (Lipinski definition) is 1. The van der Waals surface area contributed by atoms with Crippen LogP contribution in [0, 0.1) is 13.8 Å². The van der Waals surface area contributed by atoms with Gasteiger partial charge >= 0.3 is 0 Å². The van der Waals surface area contributed by atoms with Crippen LogP contribution < -0.4 is 5.43 Å². The van der Waals surface area contributed by atoms with E-state index in [1.807, 2.05) is 12.1 Å². The molecule has 3 rings (SSSR count). The van der Waals surface area contributed by atoms with Crippen molar-refractivity contribution < 1.29 is 4.79 Å². The lowest BCUT2D eigenvalue weighted by molar-refractivity contribution is 0.0955. The zero-order valence-electron chi connectivity index (χ0n) is 15.7. The maximum absolute atomic E-state index is 12.2. The number of halogens is 1. The predicted octanol–water partition coefficient (Wildman–Crippen LogP) is 5.18. The van der Waals surface area contributed by atoms with Crippen molar-refractivity contribution in [2.75, 3.05) is 0 Å². The molecule has 3 aromatic rings. The van der Waals surface area contributed by atoms with Crippen molar-refractivity contribution in [2.24, 2.45) is 5.10 Å². The average molecular weight is 424 g/mol. The van der Waals surface area contributed by atoms with Crippen LogP contribution in [0.3, 0.4) is 0 Å². The van der Waals surface area contributed by atoms with Crippen LogP contribution in [-0.2, 0) is 6.42 Å². The number of carbonyl (C=O) groups is 1. The van der Waals surface area contributed by atoms with E-state index in [2.05, 4.69) is 82.1 Å². The van der Waals surface area contributed by atoms with Gasteiger partial charge < -0.3 is 4.57 Å². The lowest BCUT2D eigenvalue weighted by atomic mass is 10.1. The number of carbonyl (C=O) groups excluding carboxylic acids is 1. The molecule has 1 amide bonds. The number of aromatic nitrogens is 1. The Labute approximate surface area is 168 Å². The molecule has 0 aliphatic carbocycles. The number of rotatable bonds is 5. The van der Waals surface area contributed by atoms with Gasteiger partial charge in [-0.05, 0) is 62.2 Å². The van der Waals surface area contributed by atoms with Gasteiger partial charge in [0.25, 0.3) is 5.91 Å². The molecule has 0 aliphatic heterocycles. The summed E-state index contributed by atoms with van der Waals surface area (Å²) in [6.45, 7) is 6.27. The van der Waals surface area contributed by atoms with Gasteiger partial charge in [0.15, 0.2) is 0 Å². The molecule has 1 N–H and O–H groups in total. The van der Waals surface area contributed by atoms with Crippen LogP contribution in [0.5, 0.6) is 0 Å². The van der Waals surface area contributed by atoms with Gasteiger partial charge in [-0.2, -0.15) is 5.10 Å². The van der Waals surface area contributed by atoms with E-state index in [0.29, 0.717) is 5.56 Å². The molecular weight excluding hydrogens is 402 g/mol. The standard InChI is InChI=1S/C22H22BrN3O/c1-4-17-8-10-21(11-9-17)26-15(2)12-19(16(26)3)14-24-25-22(27)18-6-5-7-20(23)13-18/h5-14H,4H2,1-3H3,(H,25,27)/b24-14-. The molecule has 138 valence electrons. The van der Waals surface area contributed by atoms with Gasteiger partial charge in [0.2, 0.25) is 0 Å². The van der Waals surface area contributed by atoms with Gasteiger partial charge in [-0.15, -0.1) is 0 Å². The molecule has 4 nitrogen and oxygen atoms in total. The van der Waals surface area contributed by atoms with Gasteiger partial charge in [0.05, 0.1) is 6.21 Å². The Hall–Kier alpha value is -2.66. The van der Waals surface area contributed by atoms with Gasteiger partial charge in [0, 0.05) is 32.7 Å². The summed E-state index contributed by atoms with van der Waals surface area (Å²) in [5.41, 5.74) is 8.76. The van der Waals surface area contributed by atoms with E-state index < -0.39 is 0 Å². The molecule has 0 spiro atoms. The first-order chi connectivity index (χ1) is 13.0. The van der Waals surface area contributed by atoms with Crippen molar-refractivity contribution in [1.29, 1.82) is 0 Å². The normalized spacial score (nSPS) is 11.1. The van der Waals surface area contributed by atoms with E-state index in [4.69, 9.17) is 0 Å². The summed E-state index contributed by atoms with van der Waals surface area (Å²) in [7, 11) is 0. The first-order valence-corrected chi connectivity index (χ1v) is 9.66. The first-order valence-electron chi connectivity index (χ1n) is 8.87. The van der Waals surface area contributed by atoms with Crippen LogP contribution in [0.2, 0.25) is 0 Å². The van der Waals surface area contributed by atoms with Crippen molar-refractivity contribution in [3.63, 3.8) is 0 Å². The third-order valence-corrected chi connectivity index (χ3v) is 5.02. The highest BCUT2D eigenvalue weighted by molar-refractivity contribution is 9.10. The van der Waals surface area contributed by atoms with Crippen LogP contribution in [0.1, 0.15) is 39.8 Å². The third kappa shape index (κ3) is 4.37. The molecular formula is C22H22BrN3O. The molecule has 0 atom stereocenters. The van der Waals surface area contributed by atoms with Crippen molar-refractivity contribution in [3.8, 4) is 5.69 Å². The molecule has 0 bridgehead atoms. The van der Waals surface area contributed by atoms with E-state index in [0.717, 1.165) is 33.5 Å². The first kappa shape index (κ1) is 19.1.